The molecule has 1 aliphatic heterocycles. The van der Waals surface area contributed by atoms with Gasteiger partial charge < -0.3 is 10.0 Å². The Morgan fingerprint density at radius 2 is 1.76 bits per heavy atom. The number of halogens is 3. The van der Waals surface area contributed by atoms with Crippen molar-refractivity contribution in [1.82, 2.24) is 4.90 Å². The third kappa shape index (κ3) is 1.82. The van der Waals surface area contributed by atoms with Crippen LogP contribution in [0.4, 0.5) is 13.2 Å². The molecule has 2 unspecified atom stereocenters. The fraction of sp³-hybridized carbons (Fsp3) is 0.909. The van der Waals surface area contributed by atoms with Crippen molar-refractivity contribution in [2.45, 2.75) is 38.0 Å². The lowest BCUT2D eigenvalue weighted by atomic mass is 9.65. The van der Waals surface area contributed by atoms with E-state index < -0.39 is 23.6 Å². The van der Waals surface area contributed by atoms with E-state index in [0.717, 1.165) is 0 Å². The van der Waals surface area contributed by atoms with Crippen molar-refractivity contribution in [2.24, 2.45) is 11.8 Å². The first-order chi connectivity index (χ1) is 7.76. The summed E-state index contributed by atoms with van der Waals surface area (Å²) < 4.78 is 39.1. The van der Waals surface area contributed by atoms with E-state index in [1.54, 1.807) is 0 Å². The highest BCUT2D eigenvalue weighted by atomic mass is 19.4. The largest absolute Gasteiger partial charge is 0.417 e. The van der Waals surface area contributed by atoms with E-state index in [9.17, 15) is 23.1 Å². The summed E-state index contributed by atoms with van der Waals surface area (Å²) in [5, 5.41) is 10.0. The molecule has 17 heavy (non-hydrogen) atoms. The Labute approximate surface area is 97.6 Å². The minimum absolute atomic E-state index is 0.0157. The average molecular weight is 251 g/mol. The van der Waals surface area contributed by atoms with Gasteiger partial charge in [-0.15, -0.1) is 0 Å². The molecular formula is C11H16F3NO2. The first-order valence-electron chi connectivity index (χ1n) is 5.81. The average Bonchev–Trinajstić information content (AvgIpc) is 2.14. The van der Waals surface area contributed by atoms with Crippen molar-refractivity contribution in [1.29, 1.82) is 0 Å². The molecule has 98 valence electrons. The number of carbonyl (C=O) groups excluding carboxylic acids is 1. The predicted octanol–water partition coefficient (Wildman–Crippen LogP) is 1.56. The van der Waals surface area contributed by atoms with E-state index in [2.05, 4.69) is 0 Å². The second kappa shape index (κ2) is 3.86. The number of carbonyl (C=O) groups is 1. The number of piperidine rings is 1. The van der Waals surface area contributed by atoms with Crippen molar-refractivity contribution < 1.29 is 23.1 Å². The van der Waals surface area contributed by atoms with Crippen LogP contribution in [0.2, 0.25) is 0 Å². The quantitative estimate of drug-likeness (QED) is 0.709. The summed E-state index contributed by atoms with van der Waals surface area (Å²) in [6.07, 6.45) is -3.25. The molecule has 2 aliphatic rings. The number of hydrogen-bond acceptors (Lipinski definition) is 2. The van der Waals surface area contributed by atoms with Crippen LogP contribution in [-0.2, 0) is 4.79 Å². The van der Waals surface area contributed by atoms with Gasteiger partial charge >= 0.3 is 6.18 Å². The maximum Gasteiger partial charge on any atom is 0.417 e. The number of fused-ring (bicyclic) bond motifs is 2. The minimum atomic E-state index is -4.61. The molecule has 0 aromatic carbocycles. The Bertz CT molecular complexity index is 315. The summed E-state index contributed by atoms with van der Waals surface area (Å²) >= 11 is 0. The highest BCUT2D eigenvalue weighted by Crippen LogP contribution is 2.51. The normalized spacial score (nSPS) is 38.1. The first kappa shape index (κ1) is 12.7. The lowest BCUT2D eigenvalue weighted by Crippen LogP contribution is -2.67. The van der Waals surface area contributed by atoms with Gasteiger partial charge in [0.1, 0.15) is 0 Å². The molecule has 1 aliphatic carbocycles. The number of amides is 1. The summed E-state index contributed by atoms with van der Waals surface area (Å²) in [4.78, 5) is 12.7. The number of nitrogens with zero attached hydrogens (tertiary/aromatic N) is 1. The summed E-state index contributed by atoms with van der Waals surface area (Å²) in [7, 11) is 0. The summed E-state index contributed by atoms with van der Waals surface area (Å²) in [5.74, 6) is -1.97. The van der Waals surface area contributed by atoms with Gasteiger partial charge in [-0.2, -0.15) is 13.2 Å². The third-order valence-corrected chi connectivity index (χ3v) is 4.13. The van der Waals surface area contributed by atoms with Crippen LogP contribution in [0.25, 0.3) is 0 Å². The maximum absolute atomic E-state index is 13.0. The van der Waals surface area contributed by atoms with Crippen LogP contribution in [0.5, 0.6) is 0 Å². The van der Waals surface area contributed by atoms with Crippen molar-refractivity contribution in [3.63, 3.8) is 0 Å². The molecule has 1 heterocycles. The van der Waals surface area contributed by atoms with Gasteiger partial charge in [0.15, 0.2) is 5.60 Å². The van der Waals surface area contributed by atoms with Crippen LogP contribution in [0.15, 0.2) is 0 Å². The Morgan fingerprint density at radius 1 is 1.29 bits per heavy atom. The molecule has 3 nitrogen and oxygen atoms in total. The number of aliphatic hydroxyl groups is 1. The van der Waals surface area contributed by atoms with E-state index in [4.69, 9.17) is 0 Å². The molecule has 0 aromatic rings. The SMILES string of the molecule is CC(=O)N1CC2CCCC(C1)C2(O)C(F)(F)F. The smallest absolute Gasteiger partial charge is 0.380 e. The first-order valence-corrected chi connectivity index (χ1v) is 5.81. The molecule has 0 aromatic heterocycles. The molecule has 0 spiro atoms. The molecule has 6 heteroatoms. The highest BCUT2D eigenvalue weighted by Gasteiger charge is 2.65. The molecule has 1 saturated heterocycles. The fourth-order valence-corrected chi connectivity index (χ4v) is 3.17. The van der Waals surface area contributed by atoms with Crippen LogP contribution in [-0.4, -0.2) is 40.8 Å². The minimum Gasteiger partial charge on any atom is -0.380 e. The number of likely N-dealkylation sites (tertiary alicyclic amines) is 1. The number of alkyl halides is 3. The Kier molecular flexibility index (Phi) is 2.88. The molecular weight excluding hydrogens is 235 g/mol. The third-order valence-electron chi connectivity index (χ3n) is 4.13. The zero-order valence-electron chi connectivity index (χ0n) is 9.63. The van der Waals surface area contributed by atoms with Gasteiger partial charge in [-0.3, -0.25) is 4.79 Å². The van der Waals surface area contributed by atoms with E-state index in [1.807, 2.05) is 0 Å². The lowest BCUT2D eigenvalue weighted by Gasteiger charge is -2.53. The van der Waals surface area contributed by atoms with Crippen molar-refractivity contribution in [3.8, 4) is 0 Å². The molecule has 1 N–H and O–H groups in total. The second-order valence-electron chi connectivity index (χ2n) is 5.07. The summed E-state index contributed by atoms with van der Waals surface area (Å²) in [6, 6.07) is 0. The maximum atomic E-state index is 13.0. The molecule has 1 amide bonds. The van der Waals surface area contributed by atoms with Crippen LogP contribution < -0.4 is 0 Å². The zero-order valence-corrected chi connectivity index (χ0v) is 9.63. The van der Waals surface area contributed by atoms with Gasteiger partial charge in [0.2, 0.25) is 5.91 Å². The Morgan fingerprint density at radius 3 is 2.12 bits per heavy atom. The molecule has 1 saturated carbocycles. The number of rotatable bonds is 0. The molecule has 2 atom stereocenters. The van der Waals surface area contributed by atoms with Crippen LogP contribution in [0, 0.1) is 11.8 Å². The predicted molar refractivity (Wildman–Crippen MR) is 54.1 cm³/mol. The van der Waals surface area contributed by atoms with Crippen LogP contribution >= 0.6 is 0 Å². The molecule has 2 rings (SSSR count). The Hall–Kier alpha value is -0.780. The summed E-state index contributed by atoms with van der Waals surface area (Å²) in [5.41, 5.74) is -2.60. The lowest BCUT2D eigenvalue weighted by molar-refractivity contribution is -0.319. The standard InChI is InChI=1S/C11H16F3NO2/c1-7(16)15-5-8-3-2-4-9(6-15)10(8,17)11(12,13)14/h8-9,17H,2-6H2,1H3. The second-order valence-corrected chi connectivity index (χ2v) is 5.07. The van der Waals surface area contributed by atoms with E-state index >= 15 is 0 Å². The van der Waals surface area contributed by atoms with Gasteiger partial charge in [-0.25, -0.2) is 0 Å². The monoisotopic (exact) mass is 251 g/mol. The van der Waals surface area contributed by atoms with Crippen LogP contribution in [0.3, 0.4) is 0 Å². The van der Waals surface area contributed by atoms with E-state index in [0.29, 0.717) is 19.3 Å². The highest BCUT2D eigenvalue weighted by molar-refractivity contribution is 5.73. The van der Waals surface area contributed by atoms with E-state index in [-0.39, 0.29) is 19.0 Å². The van der Waals surface area contributed by atoms with Gasteiger partial charge in [0.25, 0.3) is 0 Å². The molecule has 0 radical (unpaired) electrons. The fourth-order valence-electron chi connectivity index (χ4n) is 3.17. The topological polar surface area (TPSA) is 40.5 Å². The Balaban J connectivity index is 2.30. The van der Waals surface area contributed by atoms with Crippen molar-refractivity contribution >= 4 is 5.91 Å². The summed E-state index contributed by atoms with van der Waals surface area (Å²) in [6.45, 7) is 1.39. The molecule has 2 bridgehead atoms. The van der Waals surface area contributed by atoms with Crippen LogP contribution in [0.1, 0.15) is 26.2 Å². The number of hydrogen-bond donors (Lipinski definition) is 1. The van der Waals surface area contributed by atoms with Gasteiger partial charge in [0, 0.05) is 31.8 Å². The molecule has 2 fully saturated rings. The van der Waals surface area contributed by atoms with Gasteiger partial charge in [-0.1, -0.05) is 6.42 Å². The van der Waals surface area contributed by atoms with Crippen molar-refractivity contribution in [2.75, 3.05) is 13.1 Å². The zero-order chi connectivity index (χ0) is 12.8. The van der Waals surface area contributed by atoms with E-state index in [1.165, 1.54) is 11.8 Å². The van der Waals surface area contributed by atoms with Gasteiger partial charge in [0.05, 0.1) is 0 Å². The van der Waals surface area contributed by atoms with Gasteiger partial charge in [-0.05, 0) is 12.8 Å². The van der Waals surface area contributed by atoms with Crippen molar-refractivity contribution in [3.05, 3.63) is 0 Å².